The first-order chi connectivity index (χ1) is 9.90. The Labute approximate surface area is 121 Å². The molecule has 8 heteroatoms. The van der Waals surface area contributed by atoms with Gasteiger partial charge < -0.3 is 15.7 Å². The Hall–Kier alpha value is -2.64. The summed E-state index contributed by atoms with van der Waals surface area (Å²) in [7, 11) is 0. The number of rotatable bonds is 8. The van der Waals surface area contributed by atoms with Gasteiger partial charge in [-0.1, -0.05) is 12.1 Å². The molecule has 1 unspecified atom stereocenters. The van der Waals surface area contributed by atoms with Crippen molar-refractivity contribution in [3.05, 3.63) is 34.4 Å². The van der Waals surface area contributed by atoms with Crippen LogP contribution in [0, 0.1) is 10.1 Å². The maximum atomic E-state index is 11.6. The zero-order chi connectivity index (χ0) is 15.8. The van der Waals surface area contributed by atoms with Gasteiger partial charge in [0.1, 0.15) is 5.69 Å². The fourth-order valence-corrected chi connectivity index (χ4v) is 1.75. The van der Waals surface area contributed by atoms with E-state index in [0.29, 0.717) is 5.69 Å². The molecule has 8 nitrogen and oxygen atoms in total. The van der Waals surface area contributed by atoms with Crippen LogP contribution in [-0.4, -0.2) is 34.5 Å². The van der Waals surface area contributed by atoms with E-state index in [1.54, 1.807) is 25.1 Å². The third-order valence-electron chi connectivity index (χ3n) is 2.66. The van der Waals surface area contributed by atoms with Gasteiger partial charge in [-0.25, -0.2) is 0 Å². The lowest BCUT2D eigenvalue weighted by Crippen LogP contribution is -2.35. The topological polar surface area (TPSA) is 122 Å². The number of nitrogens with zero attached hydrogens (tertiary/aromatic N) is 1. The van der Waals surface area contributed by atoms with Gasteiger partial charge in [-0.3, -0.25) is 19.7 Å². The highest BCUT2D eigenvalue weighted by Gasteiger charge is 2.13. The minimum absolute atomic E-state index is 0.0582. The monoisotopic (exact) mass is 295 g/mol. The predicted octanol–water partition coefficient (Wildman–Crippen LogP) is 1.38. The molecule has 0 aliphatic heterocycles. The van der Waals surface area contributed by atoms with Gasteiger partial charge in [0.25, 0.3) is 5.69 Å². The Bertz CT molecular complexity index is 532. The number of aliphatic carboxylic acids is 1. The number of carboxylic acids is 1. The summed E-state index contributed by atoms with van der Waals surface area (Å²) in [5, 5.41) is 24.7. The molecule has 0 saturated heterocycles. The van der Waals surface area contributed by atoms with Gasteiger partial charge in [0.15, 0.2) is 0 Å². The van der Waals surface area contributed by atoms with E-state index in [2.05, 4.69) is 10.6 Å². The van der Waals surface area contributed by atoms with Crippen LogP contribution in [0.5, 0.6) is 0 Å². The minimum Gasteiger partial charge on any atom is -0.481 e. The van der Waals surface area contributed by atoms with Crippen molar-refractivity contribution in [2.24, 2.45) is 0 Å². The Balaban J connectivity index is 2.42. The number of hydrogen-bond acceptors (Lipinski definition) is 5. The van der Waals surface area contributed by atoms with Gasteiger partial charge in [-0.05, 0) is 13.0 Å². The Kier molecular flexibility index (Phi) is 6.12. The SMILES string of the molecule is CC(CC(=O)O)NC(=O)CCNc1ccccc1[N+](=O)[O-]. The summed E-state index contributed by atoms with van der Waals surface area (Å²) in [6.07, 6.45) is -0.0562. The van der Waals surface area contributed by atoms with Crippen LogP contribution >= 0.6 is 0 Å². The van der Waals surface area contributed by atoms with E-state index < -0.39 is 16.9 Å². The molecule has 0 radical (unpaired) electrons. The molecule has 0 spiro atoms. The third kappa shape index (κ3) is 5.89. The summed E-state index contributed by atoms with van der Waals surface area (Å²) in [6, 6.07) is 5.69. The molecule has 3 N–H and O–H groups in total. The van der Waals surface area contributed by atoms with Gasteiger partial charge in [-0.2, -0.15) is 0 Å². The number of nitrogens with one attached hydrogen (secondary N) is 2. The molecule has 1 aromatic carbocycles. The first-order valence-electron chi connectivity index (χ1n) is 6.38. The number of hydrogen-bond donors (Lipinski definition) is 3. The van der Waals surface area contributed by atoms with Crippen LogP contribution in [0.3, 0.4) is 0 Å². The van der Waals surface area contributed by atoms with Crippen LogP contribution in [0.1, 0.15) is 19.8 Å². The Morgan fingerprint density at radius 3 is 2.67 bits per heavy atom. The number of carbonyl (C=O) groups excluding carboxylic acids is 1. The molecule has 0 heterocycles. The first kappa shape index (κ1) is 16.4. The van der Waals surface area contributed by atoms with Gasteiger partial charge >= 0.3 is 5.97 Å². The lowest BCUT2D eigenvalue weighted by atomic mass is 10.2. The summed E-state index contributed by atoms with van der Waals surface area (Å²) in [5.41, 5.74) is 0.283. The van der Waals surface area contributed by atoms with E-state index in [0.717, 1.165) is 0 Å². The molecule has 0 aliphatic rings. The van der Waals surface area contributed by atoms with Crippen LogP contribution < -0.4 is 10.6 Å². The molecule has 114 valence electrons. The number of anilines is 1. The van der Waals surface area contributed by atoms with E-state index in [9.17, 15) is 19.7 Å². The Morgan fingerprint density at radius 2 is 2.05 bits per heavy atom. The van der Waals surface area contributed by atoms with Crippen LogP contribution in [-0.2, 0) is 9.59 Å². The van der Waals surface area contributed by atoms with E-state index in [-0.39, 0.29) is 31.0 Å². The van der Waals surface area contributed by atoms with E-state index in [1.807, 2.05) is 0 Å². The summed E-state index contributed by atoms with van der Waals surface area (Å²) in [6.45, 7) is 1.82. The smallest absolute Gasteiger partial charge is 0.305 e. The molecule has 1 atom stereocenters. The average Bonchev–Trinajstić information content (AvgIpc) is 2.37. The molecular weight excluding hydrogens is 278 g/mol. The quantitative estimate of drug-likeness (QED) is 0.492. The van der Waals surface area contributed by atoms with Gasteiger partial charge in [0.2, 0.25) is 5.91 Å². The van der Waals surface area contributed by atoms with E-state index in [1.165, 1.54) is 6.07 Å². The number of para-hydroxylation sites is 2. The highest BCUT2D eigenvalue weighted by molar-refractivity contribution is 5.78. The predicted molar refractivity (Wildman–Crippen MR) is 76.1 cm³/mol. The summed E-state index contributed by atoms with van der Waals surface area (Å²) in [5.74, 6) is -1.30. The van der Waals surface area contributed by atoms with Gasteiger partial charge in [0.05, 0.1) is 11.3 Å². The molecule has 0 fully saturated rings. The molecule has 0 bridgehead atoms. The second kappa shape index (κ2) is 7.83. The number of benzene rings is 1. The van der Waals surface area contributed by atoms with Crippen LogP contribution in [0.15, 0.2) is 24.3 Å². The summed E-state index contributed by atoms with van der Waals surface area (Å²) < 4.78 is 0. The lowest BCUT2D eigenvalue weighted by molar-refractivity contribution is -0.384. The van der Waals surface area contributed by atoms with Crippen molar-refractivity contribution >= 4 is 23.3 Å². The zero-order valence-electron chi connectivity index (χ0n) is 11.5. The number of carbonyl (C=O) groups is 2. The molecule has 1 aromatic rings. The van der Waals surface area contributed by atoms with Crippen molar-refractivity contribution in [1.82, 2.24) is 5.32 Å². The molecule has 0 aromatic heterocycles. The first-order valence-corrected chi connectivity index (χ1v) is 6.38. The molecular formula is C13H17N3O5. The summed E-state index contributed by atoms with van der Waals surface area (Å²) >= 11 is 0. The van der Waals surface area contributed by atoms with Gasteiger partial charge in [0, 0.05) is 25.1 Å². The number of carboxylic acid groups (broad SMARTS) is 1. The minimum atomic E-state index is -0.985. The van der Waals surface area contributed by atoms with Crippen molar-refractivity contribution in [3.8, 4) is 0 Å². The van der Waals surface area contributed by atoms with Crippen molar-refractivity contribution < 1.29 is 19.6 Å². The summed E-state index contributed by atoms with van der Waals surface area (Å²) in [4.78, 5) is 32.3. The maximum absolute atomic E-state index is 11.6. The van der Waals surface area contributed by atoms with Crippen molar-refractivity contribution in [3.63, 3.8) is 0 Å². The van der Waals surface area contributed by atoms with Crippen LogP contribution in [0.25, 0.3) is 0 Å². The third-order valence-corrected chi connectivity index (χ3v) is 2.66. The maximum Gasteiger partial charge on any atom is 0.305 e. The largest absolute Gasteiger partial charge is 0.481 e. The number of amides is 1. The van der Waals surface area contributed by atoms with Crippen molar-refractivity contribution in [2.45, 2.75) is 25.8 Å². The van der Waals surface area contributed by atoms with Crippen LogP contribution in [0.4, 0.5) is 11.4 Å². The molecule has 0 aliphatic carbocycles. The van der Waals surface area contributed by atoms with E-state index in [4.69, 9.17) is 5.11 Å². The molecule has 1 rings (SSSR count). The molecule has 21 heavy (non-hydrogen) atoms. The van der Waals surface area contributed by atoms with Crippen molar-refractivity contribution in [2.75, 3.05) is 11.9 Å². The van der Waals surface area contributed by atoms with Crippen molar-refractivity contribution in [1.29, 1.82) is 0 Å². The average molecular weight is 295 g/mol. The van der Waals surface area contributed by atoms with E-state index >= 15 is 0 Å². The number of nitro benzene ring substituents is 1. The van der Waals surface area contributed by atoms with Gasteiger partial charge in [-0.15, -0.1) is 0 Å². The Morgan fingerprint density at radius 1 is 1.38 bits per heavy atom. The fraction of sp³-hybridized carbons (Fsp3) is 0.385. The second-order valence-electron chi connectivity index (χ2n) is 4.52. The second-order valence-corrected chi connectivity index (χ2v) is 4.52. The highest BCUT2D eigenvalue weighted by Crippen LogP contribution is 2.22. The molecule has 1 amide bonds. The zero-order valence-corrected chi connectivity index (χ0v) is 11.5. The number of nitro groups is 1. The normalized spacial score (nSPS) is 11.5. The molecule has 0 saturated carbocycles. The highest BCUT2D eigenvalue weighted by atomic mass is 16.6. The lowest BCUT2D eigenvalue weighted by Gasteiger charge is -2.12. The fourth-order valence-electron chi connectivity index (χ4n) is 1.75. The standard InChI is InChI=1S/C13H17N3O5/c1-9(8-13(18)19)15-12(17)6-7-14-10-4-2-3-5-11(10)16(20)21/h2-5,9,14H,6-8H2,1H3,(H,15,17)(H,18,19). The van der Waals surface area contributed by atoms with Crippen LogP contribution in [0.2, 0.25) is 0 Å².